The van der Waals surface area contributed by atoms with E-state index in [1.54, 1.807) is 6.07 Å². The number of amides is 1. The molecule has 1 saturated heterocycles. The highest BCUT2D eigenvalue weighted by Gasteiger charge is 2.39. The summed E-state index contributed by atoms with van der Waals surface area (Å²) in [5, 5.41) is 8.07. The molecule has 0 bridgehead atoms. The molecule has 1 N–H and O–H groups in total. The van der Waals surface area contributed by atoms with Crippen molar-refractivity contribution in [1.29, 1.82) is 5.41 Å². The molecular weight excluding hydrogens is 304 g/mol. The first kappa shape index (κ1) is 16.8. The van der Waals surface area contributed by atoms with Gasteiger partial charge in [0.25, 0.3) is 0 Å². The summed E-state index contributed by atoms with van der Waals surface area (Å²) in [6.45, 7) is 3.58. The van der Waals surface area contributed by atoms with Crippen molar-refractivity contribution < 1.29 is 14.3 Å². The van der Waals surface area contributed by atoms with Crippen molar-refractivity contribution >= 4 is 17.4 Å². The SMILES string of the molecule is CCCC(=N)CC1COCCN1C(=O)C1CC(=O)c2ccccc21. The van der Waals surface area contributed by atoms with Crippen LogP contribution in [0.25, 0.3) is 0 Å². The lowest BCUT2D eigenvalue weighted by Crippen LogP contribution is -2.50. The third-order valence-electron chi connectivity index (χ3n) is 4.87. The second-order valence-corrected chi connectivity index (χ2v) is 6.59. The second kappa shape index (κ2) is 7.26. The number of ketones is 1. The Labute approximate surface area is 142 Å². The number of rotatable bonds is 5. The smallest absolute Gasteiger partial charge is 0.231 e. The summed E-state index contributed by atoms with van der Waals surface area (Å²) in [5.74, 6) is -0.326. The van der Waals surface area contributed by atoms with E-state index in [0.717, 1.165) is 18.4 Å². The number of morpholine rings is 1. The number of carbonyl (C=O) groups excluding carboxylic acids is 2. The Balaban J connectivity index is 1.78. The van der Waals surface area contributed by atoms with E-state index in [4.69, 9.17) is 10.1 Å². The Morgan fingerprint density at radius 3 is 2.96 bits per heavy atom. The highest BCUT2D eigenvalue weighted by molar-refractivity contribution is 6.06. The fourth-order valence-corrected chi connectivity index (χ4v) is 3.68. The molecule has 1 amide bonds. The summed E-state index contributed by atoms with van der Waals surface area (Å²) >= 11 is 0. The van der Waals surface area contributed by atoms with E-state index < -0.39 is 0 Å². The normalized spacial score (nSPS) is 23.2. The Hall–Kier alpha value is -2.01. The third kappa shape index (κ3) is 3.26. The van der Waals surface area contributed by atoms with Gasteiger partial charge in [0, 0.05) is 30.7 Å². The van der Waals surface area contributed by atoms with Crippen LogP contribution in [0.3, 0.4) is 0 Å². The molecule has 5 heteroatoms. The van der Waals surface area contributed by atoms with Crippen LogP contribution < -0.4 is 0 Å². The monoisotopic (exact) mass is 328 g/mol. The molecule has 1 heterocycles. The van der Waals surface area contributed by atoms with Crippen LogP contribution in [0.2, 0.25) is 0 Å². The van der Waals surface area contributed by atoms with Gasteiger partial charge in [-0.15, -0.1) is 0 Å². The van der Waals surface area contributed by atoms with Gasteiger partial charge in [0.15, 0.2) is 5.78 Å². The van der Waals surface area contributed by atoms with Gasteiger partial charge in [0.1, 0.15) is 0 Å². The molecule has 1 fully saturated rings. The van der Waals surface area contributed by atoms with Crippen molar-refractivity contribution in [3.63, 3.8) is 0 Å². The Bertz CT molecular complexity index is 656. The van der Waals surface area contributed by atoms with Crippen LogP contribution in [0.15, 0.2) is 24.3 Å². The standard InChI is InChI=1S/C19H24N2O3/c1-2-5-13(20)10-14-12-24-9-8-21(14)19(23)17-11-18(22)16-7-4-3-6-15(16)17/h3-4,6-7,14,17,20H,2,5,8-12H2,1H3. The van der Waals surface area contributed by atoms with Gasteiger partial charge < -0.3 is 15.0 Å². The first-order valence-corrected chi connectivity index (χ1v) is 8.68. The van der Waals surface area contributed by atoms with Crippen molar-refractivity contribution in [2.75, 3.05) is 19.8 Å². The van der Waals surface area contributed by atoms with Gasteiger partial charge in [-0.25, -0.2) is 0 Å². The lowest BCUT2D eigenvalue weighted by Gasteiger charge is -2.37. The van der Waals surface area contributed by atoms with Crippen LogP contribution in [-0.4, -0.2) is 48.1 Å². The molecule has 0 radical (unpaired) electrons. The summed E-state index contributed by atoms with van der Waals surface area (Å²) in [4.78, 5) is 27.1. The van der Waals surface area contributed by atoms with Crippen LogP contribution in [0.4, 0.5) is 0 Å². The number of nitrogens with one attached hydrogen (secondary N) is 1. The molecule has 24 heavy (non-hydrogen) atoms. The lowest BCUT2D eigenvalue weighted by atomic mass is 9.97. The first-order chi connectivity index (χ1) is 11.6. The molecule has 0 spiro atoms. The molecule has 1 aliphatic carbocycles. The minimum absolute atomic E-state index is 0.00546. The summed E-state index contributed by atoms with van der Waals surface area (Å²) in [6, 6.07) is 7.32. The van der Waals surface area contributed by atoms with E-state index in [2.05, 4.69) is 6.92 Å². The lowest BCUT2D eigenvalue weighted by molar-refractivity contribution is -0.141. The summed E-state index contributed by atoms with van der Waals surface area (Å²) in [7, 11) is 0. The van der Waals surface area contributed by atoms with Crippen molar-refractivity contribution in [2.45, 2.75) is 44.6 Å². The van der Waals surface area contributed by atoms with Crippen LogP contribution in [0.5, 0.6) is 0 Å². The number of fused-ring (bicyclic) bond motifs is 1. The van der Waals surface area contributed by atoms with Crippen molar-refractivity contribution in [2.24, 2.45) is 0 Å². The molecule has 2 atom stereocenters. The van der Waals surface area contributed by atoms with Crippen molar-refractivity contribution in [3.05, 3.63) is 35.4 Å². The largest absolute Gasteiger partial charge is 0.377 e. The van der Waals surface area contributed by atoms with E-state index in [9.17, 15) is 9.59 Å². The topological polar surface area (TPSA) is 70.5 Å². The average Bonchev–Trinajstić information content (AvgIpc) is 2.92. The van der Waals surface area contributed by atoms with Gasteiger partial charge in [-0.3, -0.25) is 9.59 Å². The number of ether oxygens (including phenoxy) is 1. The maximum atomic E-state index is 13.1. The first-order valence-electron chi connectivity index (χ1n) is 8.68. The number of hydrogen-bond acceptors (Lipinski definition) is 4. The molecular formula is C19H24N2O3. The van der Waals surface area contributed by atoms with Gasteiger partial charge in [0.05, 0.1) is 25.2 Å². The minimum atomic E-state index is -0.380. The van der Waals surface area contributed by atoms with E-state index in [1.807, 2.05) is 23.1 Å². The summed E-state index contributed by atoms with van der Waals surface area (Å²) in [5.41, 5.74) is 2.19. The average molecular weight is 328 g/mol. The highest BCUT2D eigenvalue weighted by Crippen LogP contribution is 2.35. The minimum Gasteiger partial charge on any atom is -0.377 e. The third-order valence-corrected chi connectivity index (χ3v) is 4.87. The zero-order valence-electron chi connectivity index (χ0n) is 14.1. The van der Waals surface area contributed by atoms with Gasteiger partial charge in [0.2, 0.25) is 5.91 Å². The zero-order chi connectivity index (χ0) is 17.1. The van der Waals surface area contributed by atoms with Crippen LogP contribution >= 0.6 is 0 Å². The molecule has 1 aliphatic heterocycles. The Kier molecular flexibility index (Phi) is 5.09. The fourth-order valence-electron chi connectivity index (χ4n) is 3.68. The quantitative estimate of drug-likeness (QED) is 0.845. The van der Waals surface area contributed by atoms with Crippen LogP contribution in [0.1, 0.15) is 54.4 Å². The molecule has 5 nitrogen and oxygen atoms in total. The number of hydrogen-bond donors (Lipinski definition) is 1. The van der Waals surface area contributed by atoms with E-state index in [0.29, 0.717) is 37.5 Å². The number of nitrogens with zero attached hydrogens (tertiary/aromatic N) is 1. The number of benzene rings is 1. The zero-order valence-corrected chi connectivity index (χ0v) is 14.1. The maximum absolute atomic E-state index is 13.1. The number of carbonyl (C=O) groups is 2. The maximum Gasteiger partial charge on any atom is 0.231 e. The van der Waals surface area contributed by atoms with E-state index in [1.165, 1.54) is 0 Å². The predicted molar refractivity (Wildman–Crippen MR) is 91.7 cm³/mol. The van der Waals surface area contributed by atoms with Crippen molar-refractivity contribution in [3.8, 4) is 0 Å². The van der Waals surface area contributed by atoms with Crippen molar-refractivity contribution in [1.82, 2.24) is 4.90 Å². The molecule has 128 valence electrons. The fraction of sp³-hybridized carbons (Fsp3) is 0.526. The molecule has 1 aromatic rings. The van der Waals surface area contributed by atoms with Gasteiger partial charge in [-0.2, -0.15) is 0 Å². The number of Topliss-reactive ketones (excluding diaryl/α,β-unsaturated/α-hetero) is 1. The van der Waals surface area contributed by atoms with E-state index in [-0.39, 0.29) is 30.1 Å². The van der Waals surface area contributed by atoms with Gasteiger partial charge in [-0.05, 0) is 12.0 Å². The summed E-state index contributed by atoms with van der Waals surface area (Å²) < 4.78 is 5.54. The molecule has 2 unspecified atom stereocenters. The van der Waals surface area contributed by atoms with Gasteiger partial charge >= 0.3 is 0 Å². The molecule has 2 aliphatic rings. The van der Waals surface area contributed by atoms with E-state index >= 15 is 0 Å². The molecule has 3 rings (SSSR count). The molecule has 0 aromatic heterocycles. The Morgan fingerprint density at radius 1 is 1.38 bits per heavy atom. The van der Waals surface area contributed by atoms with Gasteiger partial charge in [-0.1, -0.05) is 37.6 Å². The highest BCUT2D eigenvalue weighted by atomic mass is 16.5. The Morgan fingerprint density at radius 2 is 2.17 bits per heavy atom. The predicted octanol–water partition coefficient (Wildman–Crippen LogP) is 2.79. The summed E-state index contributed by atoms with van der Waals surface area (Å²) in [6.07, 6.45) is 2.50. The van der Waals surface area contributed by atoms with Crippen LogP contribution in [-0.2, 0) is 9.53 Å². The molecule has 1 aromatic carbocycles. The second-order valence-electron chi connectivity index (χ2n) is 6.59. The van der Waals surface area contributed by atoms with Crippen LogP contribution in [0, 0.1) is 5.41 Å². The molecule has 0 saturated carbocycles.